The molecule has 0 atom stereocenters. The van der Waals surface area contributed by atoms with Gasteiger partial charge in [0.2, 0.25) is 0 Å². The van der Waals surface area contributed by atoms with Gasteiger partial charge in [-0.2, -0.15) is 0 Å². The third-order valence-electron chi connectivity index (χ3n) is 2.29. The van der Waals surface area contributed by atoms with Crippen LogP contribution in [0.1, 0.15) is 6.92 Å². The van der Waals surface area contributed by atoms with Crippen molar-refractivity contribution < 1.29 is 9.13 Å². The van der Waals surface area contributed by atoms with Crippen molar-refractivity contribution >= 4 is 17.3 Å². The first-order valence-corrected chi connectivity index (χ1v) is 5.71. The normalized spacial score (nSPS) is 10.1. The van der Waals surface area contributed by atoms with E-state index >= 15 is 0 Å². The number of hydrogen-bond acceptors (Lipinski definition) is 6. The standard InChI is InChI=1S/C12H14FN5O/c1-2-19-10-4-3-8(5-9(10)13)16-11-6-15-7-12(17-11)18-14/h3-7H,2,14H2,1H3,(H2,16,17,18). The molecule has 1 heterocycles. The number of nitrogens with two attached hydrogens (primary N) is 1. The zero-order valence-corrected chi connectivity index (χ0v) is 10.4. The maximum atomic E-state index is 13.7. The van der Waals surface area contributed by atoms with Crippen molar-refractivity contribution in [3.05, 3.63) is 36.4 Å². The van der Waals surface area contributed by atoms with Gasteiger partial charge in [0.25, 0.3) is 0 Å². The minimum absolute atomic E-state index is 0.219. The van der Waals surface area contributed by atoms with Crippen LogP contribution in [0.5, 0.6) is 5.75 Å². The van der Waals surface area contributed by atoms with Gasteiger partial charge >= 0.3 is 0 Å². The lowest BCUT2D eigenvalue weighted by Gasteiger charge is -2.09. The number of anilines is 3. The highest BCUT2D eigenvalue weighted by molar-refractivity contribution is 5.58. The topological polar surface area (TPSA) is 85.1 Å². The van der Waals surface area contributed by atoms with E-state index < -0.39 is 5.82 Å². The van der Waals surface area contributed by atoms with E-state index in [1.54, 1.807) is 19.1 Å². The summed E-state index contributed by atoms with van der Waals surface area (Å²) in [5.74, 6) is 5.89. The van der Waals surface area contributed by atoms with E-state index in [1.807, 2.05) is 0 Å². The number of aromatic nitrogens is 2. The lowest BCUT2D eigenvalue weighted by molar-refractivity contribution is 0.321. The first-order valence-electron chi connectivity index (χ1n) is 5.71. The fourth-order valence-corrected chi connectivity index (χ4v) is 1.49. The molecule has 0 aliphatic carbocycles. The summed E-state index contributed by atoms with van der Waals surface area (Å²) in [4.78, 5) is 8.05. The molecule has 6 nitrogen and oxygen atoms in total. The van der Waals surface area contributed by atoms with Crippen LogP contribution in [0.4, 0.5) is 21.7 Å². The molecule has 2 aromatic rings. The van der Waals surface area contributed by atoms with E-state index in [2.05, 4.69) is 20.7 Å². The Balaban J connectivity index is 2.16. The molecule has 0 aliphatic rings. The molecule has 0 spiro atoms. The van der Waals surface area contributed by atoms with Crippen LogP contribution in [0.3, 0.4) is 0 Å². The molecule has 1 aromatic heterocycles. The molecule has 0 saturated carbocycles. The smallest absolute Gasteiger partial charge is 0.167 e. The van der Waals surface area contributed by atoms with Crippen LogP contribution in [0, 0.1) is 5.82 Å². The van der Waals surface area contributed by atoms with Crippen molar-refractivity contribution in [3.63, 3.8) is 0 Å². The maximum Gasteiger partial charge on any atom is 0.167 e. The van der Waals surface area contributed by atoms with E-state index in [0.717, 1.165) is 0 Å². The molecule has 0 bridgehead atoms. The molecule has 4 N–H and O–H groups in total. The van der Waals surface area contributed by atoms with Crippen LogP contribution in [-0.2, 0) is 0 Å². The van der Waals surface area contributed by atoms with Crippen molar-refractivity contribution in [1.82, 2.24) is 9.97 Å². The predicted molar refractivity (Wildman–Crippen MR) is 70.7 cm³/mol. The molecular formula is C12H14FN5O. The van der Waals surface area contributed by atoms with Crippen molar-refractivity contribution in [2.45, 2.75) is 6.92 Å². The van der Waals surface area contributed by atoms with Crippen LogP contribution in [0.2, 0.25) is 0 Å². The molecule has 7 heteroatoms. The van der Waals surface area contributed by atoms with Gasteiger partial charge in [-0.05, 0) is 19.1 Å². The Morgan fingerprint density at radius 1 is 1.32 bits per heavy atom. The second-order valence-electron chi connectivity index (χ2n) is 3.64. The summed E-state index contributed by atoms with van der Waals surface area (Å²) in [7, 11) is 0. The van der Waals surface area contributed by atoms with Crippen LogP contribution in [0.15, 0.2) is 30.6 Å². The van der Waals surface area contributed by atoms with Gasteiger partial charge in [0.15, 0.2) is 23.2 Å². The second kappa shape index (κ2) is 5.96. The third-order valence-corrected chi connectivity index (χ3v) is 2.29. The van der Waals surface area contributed by atoms with E-state index in [1.165, 1.54) is 18.5 Å². The number of benzene rings is 1. The SMILES string of the molecule is CCOc1ccc(Nc2cncc(NN)n2)cc1F. The fourth-order valence-electron chi connectivity index (χ4n) is 1.49. The summed E-state index contributed by atoms with van der Waals surface area (Å²) in [6.45, 7) is 2.21. The molecular weight excluding hydrogens is 249 g/mol. The first kappa shape index (κ1) is 13.0. The Morgan fingerprint density at radius 2 is 2.11 bits per heavy atom. The number of halogens is 1. The van der Waals surface area contributed by atoms with Crippen molar-refractivity contribution in [2.24, 2.45) is 5.84 Å². The van der Waals surface area contributed by atoms with Crippen LogP contribution in [-0.4, -0.2) is 16.6 Å². The molecule has 0 saturated heterocycles. The van der Waals surface area contributed by atoms with E-state index in [0.29, 0.717) is 23.9 Å². The van der Waals surface area contributed by atoms with E-state index in [4.69, 9.17) is 10.6 Å². The predicted octanol–water partition coefficient (Wildman–Crippen LogP) is 2.04. The highest BCUT2D eigenvalue weighted by atomic mass is 19.1. The Bertz CT molecular complexity index is 564. The van der Waals surface area contributed by atoms with E-state index in [-0.39, 0.29) is 5.75 Å². The molecule has 0 unspecified atom stereocenters. The Labute approximate surface area is 109 Å². The molecule has 2 rings (SSSR count). The van der Waals surface area contributed by atoms with Gasteiger partial charge in [0.1, 0.15) is 0 Å². The van der Waals surface area contributed by atoms with Crippen molar-refractivity contribution in [1.29, 1.82) is 0 Å². The second-order valence-corrected chi connectivity index (χ2v) is 3.64. The summed E-state index contributed by atoms with van der Waals surface area (Å²) in [6.07, 6.45) is 2.99. The molecule has 1 aromatic carbocycles. The fraction of sp³-hybridized carbons (Fsp3) is 0.167. The maximum absolute atomic E-state index is 13.7. The number of hydrazine groups is 1. The third kappa shape index (κ3) is 3.29. The highest BCUT2D eigenvalue weighted by Gasteiger charge is 2.05. The lowest BCUT2D eigenvalue weighted by Crippen LogP contribution is -2.09. The number of ether oxygens (including phenoxy) is 1. The number of nitrogen functional groups attached to an aromatic ring is 1. The quantitative estimate of drug-likeness (QED) is 0.565. The van der Waals surface area contributed by atoms with Crippen LogP contribution < -0.4 is 21.3 Å². The molecule has 0 amide bonds. The highest BCUT2D eigenvalue weighted by Crippen LogP contribution is 2.23. The Kier molecular flexibility index (Phi) is 4.09. The lowest BCUT2D eigenvalue weighted by atomic mass is 10.3. The van der Waals surface area contributed by atoms with Gasteiger partial charge in [0, 0.05) is 11.8 Å². The first-order chi connectivity index (χ1) is 9.22. The van der Waals surface area contributed by atoms with Gasteiger partial charge < -0.3 is 15.5 Å². The van der Waals surface area contributed by atoms with Gasteiger partial charge in [-0.1, -0.05) is 0 Å². The summed E-state index contributed by atoms with van der Waals surface area (Å²) in [5.41, 5.74) is 2.93. The average molecular weight is 263 g/mol. The largest absolute Gasteiger partial charge is 0.491 e. The summed E-state index contributed by atoms with van der Waals surface area (Å²) < 4.78 is 18.8. The van der Waals surface area contributed by atoms with Crippen molar-refractivity contribution in [3.8, 4) is 5.75 Å². The Hall–Kier alpha value is -2.41. The van der Waals surface area contributed by atoms with Crippen molar-refractivity contribution in [2.75, 3.05) is 17.3 Å². The Morgan fingerprint density at radius 3 is 2.79 bits per heavy atom. The zero-order chi connectivity index (χ0) is 13.7. The number of hydrogen-bond donors (Lipinski definition) is 3. The number of nitrogens with zero attached hydrogens (tertiary/aromatic N) is 2. The zero-order valence-electron chi connectivity index (χ0n) is 10.4. The molecule has 0 radical (unpaired) electrons. The molecule has 19 heavy (non-hydrogen) atoms. The van der Waals surface area contributed by atoms with Crippen LogP contribution in [0.25, 0.3) is 0 Å². The summed E-state index contributed by atoms with van der Waals surface area (Å²) in [6, 6.07) is 4.58. The number of rotatable bonds is 5. The van der Waals surface area contributed by atoms with Crippen LogP contribution >= 0.6 is 0 Å². The monoisotopic (exact) mass is 263 g/mol. The van der Waals surface area contributed by atoms with Gasteiger partial charge in [-0.3, -0.25) is 4.98 Å². The summed E-state index contributed by atoms with van der Waals surface area (Å²) in [5, 5.41) is 2.92. The number of nitrogens with one attached hydrogen (secondary N) is 2. The summed E-state index contributed by atoms with van der Waals surface area (Å²) >= 11 is 0. The average Bonchev–Trinajstić information content (AvgIpc) is 2.42. The van der Waals surface area contributed by atoms with Gasteiger partial charge in [0.05, 0.1) is 19.0 Å². The minimum Gasteiger partial charge on any atom is -0.491 e. The van der Waals surface area contributed by atoms with E-state index in [9.17, 15) is 4.39 Å². The molecule has 100 valence electrons. The molecule has 0 fully saturated rings. The minimum atomic E-state index is -0.437. The van der Waals surface area contributed by atoms with Gasteiger partial charge in [-0.25, -0.2) is 15.2 Å². The van der Waals surface area contributed by atoms with Gasteiger partial charge in [-0.15, -0.1) is 0 Å². The molecule has 0 aliphatic heterocycles.